The molecule has 0 radical (unpaired) electrons. The van der Waals surface area contributed by atoms with Crippen LogP contribution in [-0.4, -0.2) is 13.1 Å². The summed E-state index contributed by atoms with van der Waals surface area (Å²) in [5.41, 5.74) is 3.50. The summed E-state index contributed by atoms with van der Waals surface area (Å²) in [6.45, 7) is 2.41. The van der Waals surface area contributed by atoms with Crippen LogP contribution in [0.4, 0.5) is 0 Å². The molecular formula is C8H13N. The lowest BCUT2D eigenvalue weighted by Gasteiger charge is -2.14. The average Bonchev–Trinajstić information content (AvgIpc) is 2.33. The van der Waals surface area contributed by atoms with Gasteiger partial charge in [-0.15, -0.1) is 0 Å². The van der Waals surface area contributed by atoms with Crippen LogP contribution in [0.15, 0.2) is 11.1 Å². The second-order valence-corrected chi connectivity index (χ2v) is 2.99. The maximum atomic E-state index is 3.40. The van der Waals surface area contributed by atoms with E-state index in [4.69, 9.17) is 0 Å². The van der Waals surface area contributed by atoms with Crippen LogP contribution in [-0.2, 0) is 0 Å². The van der Waals surface area contributed by atoms with Crippen LogP contribution >= 0.6 is 0 Å². The Bertz CT molecular complexity index is 131. The number of hydrogen-bond acceptors (Lipinski definition) is 1. The van der Waals surface area contributed by atoms with Gasteiger partial charge in [0.25, 0.3) is 0 Å². The van der Waals surface area contributed by atoms with Gasteiger partial charge in [-0.3, -0.25) is 0 Å². The molecule has 0 aromatic heterocycles. The van der Waals surface area contributed by atoms with Gasteiger partial charge < -0.3 is 5.32 Å². The van der Waals surface area contributed by atoms with E-state index < -0.39 is 0 Å². The predicted molar refractivity (Wildman–Crippen MR) is 38.4 cm³/mol. The molecule has 0 unspecified atom stereocenters. The average molecular weight is 123 g/mol. The first-order valence-corrected chi connectivity index (χ1v) is 3.87. The molecule has 1 aliphatic heterocycles. The van der Waals surface area contributed by atoms with Crippen molar-refractivity contribution in [2.75, 3.05) is 13.1 Å². The molecule has 2 aliphatic rings. The summed E-state index contributed by atoms with van der Waals surface area (Å²) >= 11 is 0. The van der Waals surface area contributed by atoms with Gasteiger partial charge in [-0.05, 0) is 32.2 Å². The molecule has 0 spiro atoms. The van der Waals surface area contributed by atoms with Gasteiger partial charge in [-0.25, -0.2) is 0 Å². The molecule has 0 aromatic rings. The fraction of sp³-hybridized carbons (Fsp3) is 0.750. The van der Waals surface area contributed by atoms with Crippen LogP contribution in [0.2, 0.25) is 0 Å². The Balaban J connectivity index is 2.17. The first kappa shape index (κ1) is 5.48. The molecule has 0 amide bonds. The van der Waals surface area contributed by atoms with Crippen molar-refractivity contribution in [3.8, 4) is 0 Å². The molecule has 1 nitrogen and oxygen atoms in total. The van der Waals surface area contributed by atoms with Crippen molar-refractivity contribution < 1.29 is 0 Å². The van der Waals surface area contributed by atoms with Gasteiger partial charge in [-0.1, -0.05) is 11.1 Å². The highest BCUT2D eigenvalue weighted by atomic mass is 14.9. The van der Waals surface area contributed by atoms with Crippen molar-refractivity contribution in [1.82, 2.24) is 5.32 Å². The van der Waals surface area contributed by atoms with Crippen LogP contribution < -0.4 is 5.32 Å². The van der Waals surface area contributed by atoms with Crippen LogP contribution in [0.5, 0.6) is 0 Å². The van der Waals surface area contributed by atoms with Crippen molar-refractivity contribution >= 4 is 0 Å². The minimum Gasteiger partial charge on any atom is -0.313 e. The predicted octanol–water partition coefficient (Wildman–Crippen LogP) is 1.46. The fourth-order valence-corrected chi connectivity index (χ4v) is 1.86. The zero-order valence-corrected chi connectivity index (χ0v) is 5.74. The van der Waals surface area contributed by atoms with Gasteiger partial charge in [-0.2, -0.15) is 0 Å². The normalized spacial score (nSPS) is 26.7. The minimum atomic E-state index is 1.19. The lowest BCUT2D eigenvalue weighted by atomic mass is 10.1. The SMILES string of the molecule is C1CC2=C(C1)CNCC2. The highest BCUT2D eigenvalue weighted by Crippen LogP contribution is 2.29. The van der Waals surface area contributed by atoms with E-state index in [1.807, 2.05) is 0 Å². The second-order valence-electron chi connectivity index (χ2n) is 2.99. The Labute approximate surface area is 56.1 Å². The lowest BCUT2D eigenvalue weighted by molar-refractivity contribution is 0.677. The Morgan fingerprint density at radius 3 is 2.78 bits per heavy atom. The molecule has 0 saturated heterocycles. The molecule has 0 fully saturated rings. The standard InChI is InChI=1S/C8H13N/c1-2-7-4-5-9-6-8(7)3-1/h9H,1-6H2. The van der Waals surface area contributed by atoms with E-state index in [1.54, 1.807) is 11.1 Å². The maximum Gasteiger partial charge on any atom is 0.0167 e. The molecule has 0 bridgehead atoms. The molecule has 1 N–H and O–H groups in total. The van der Waals surface area contributed by atoms with Crippen LogP contribution in [0.1, 0.15) is 25.7 Å². The van der Waals surface area contributed by atoms with Crippen LogP contribution in [0.3, 0.4) is 0 Å². The molecule has 9 heavy (non-hydrogen) atoms. The minimum absolute atomic E-state index is 1.19. The third-order valence-corrected chi connectivity index (χ3v) is 2.40. The molecule has 1 heteroatoms. The summed E-state index contributed by atoms with van der Waals surface area (Å²) < 4.78 is 0. The molecule has 1 aliphatic carbocycles. The summed E-state index contributed by atoms with van der Waals surface area (Å²) in [5.74, 6) is 0. The van der Waals surface area contributed by atoms with E-state index in [9.17, 15) is 0 Å². The second kappa shape index (κ2) is 2.14. The van der Waals surface area contributed by atoms with Gasteiger partial charge in [0.1, 0.15) is 0 Å². The van der Waals surface area contributed by atoms with Crippen molar-refractivity contribution in [3.63, 3.8) is 0 Å². The summed E-state index contributed by atoms with van der Waals surface area (Å²) in [6, 6.07) is 0. The Morgan fingerprint density at radius 1 is 1.00 bits per heavy atom. The lowest BCUT2D eigenvalue weighted by Crippen LogP contribution is -2.23. The van der Waals surface area contributed by atoms with Crippen molar-refractivity contribution in [1.29, 1.82) is 0 Å². The van der Waals surface area contributed by atoms with E-state index in [-0.39, 0.29) is 0 Å². The molecule has 50 valence electrons. The largest absolute Gasteiger partial charge is 0.313 e. The maximum absolute atomic E-state index is 3.40. The highest BCUT2D eigenvalue weighted by molar-refractivity contribution is 5.23. The van der Waals surface area contributed by atoms with E-state index >= 15 is 0 Å². The summed E-state index contributed by atoms with van der Waals surface area (Å²) in [5, 5.41) is 3.40. The van der Waals surface area contributed by atoms with Gasteiger partial charge >= 0.3 is 0 Å². The van der Waals surface area contributed by atoms with Crippen molar-refractivity contribution in [2.24, 2.45) is 0 Å². The van der Waals surface area contributed by atoms with Gasteiger partial charge in [0.15, 0.2) is 0 Å². The molecule has 1 heterocycles. The van der Waals surface area contributed by atoms with Gasteiger partial charge in [0.2, 0.25) is 0 Å². The number of nitrogens with one attached hydrogen (secondary N) is 1. The Kier molecular flexibility index (Phi) is 1.31. The van der Waals surface area contributed by atoms with E-state index in [1.165, 1.54) is 38.8 Å². The Hall–Kier alpha value is -0.300. The smallest absolute Gasteiger partial charge is 0.0167 e. The van der Waals surface area contributed by atoms with E-state index in [2.05, 4.69) is 5.32 Å². The van der Waals surface area contributed by atoms with Crippen LogP contribution in [0.25, 0.3) is 0 Å². The van der Waals surface area contributed by atoms with Crippen molar-refractivity contribution in [3.05, 3.63) is 11.1 Å². The topological polar surface area (TPSA) is 12.0 Å². The van der Waals surface area contributed by atoms with Crippen LogP contribution in [0, 0.1) is 0 Å². The third kappa shape index (κ3) is 0.897. The van der Waals surface area contributed by atoms with Gasteiger partial charge in [0.05, 0.1) is 0 Å². The van der Waals surface area contributed by atoms with E-state index in [0.29, 0.717) is 0 Å². The van der Waals surface area contributed by atoms with Gasteiger partial charge in [0, 0.05) is 6.54 Å². The molecule has 0 atom stereocenters. The zero-order valence-electron chi connectivity index (χ0n) is 5.74. The number of rotatable bonds is 0. The first-order valence-electron chi connectivity index (χ1n) is 3.87. The first-order chi connectivity index (χ1) is 4.47. The summed E-state index contributed by atoms with van der Waals surface area (Å²) in [4.78, 5) is 0. The molecule has 0 aromatic carbocycles. The third-order valence-electron chi connectivity index (χ3n) is 2.40. The van der Waals surface area contributed by atoms with Crippen molar-refractivity contribution in [2.45, 2.75) is 25.7 Å². The molecule has 0 saturated carbocycles. The van der Waals surface area contributed by atoms with E-state index in [0.717, 1.165) is 0 Å². The monoisotopic (exact) mass is 123 g/mol. The highest BCUT2D eigenvalue weighted by Gasteiger charge is 2.16. The molecule has 2 rings (SSSR count). The number of hydrogen-bond donors (Lipinski definition) is 1. The zero-order chi connectivity index (χ0) is 6.10. The fourth-order valence-electron chi connectivity index (χ4n) is 1.86. The summed E-state index contributed by atoms with van der Waals surface area (Å²) in [7, 11) is 0. The molecular weight excluding hydrogens is 110 g/mol. The Morgan fingerprint density at radius 2 is 1.89 bits per heavy atom. The summed E-state index contributed by atoms with van der Waals surface area (Å²) in [6.07, 6.45) is 5.53. The quantitative estimate of drug-likeness (QED) is 0.481.